The Morgan fingerprint density at radius 2 is 2.28 bits per heavy atom. The SMILES string of the molecule is C/C=C(/c1cccc([N+](=O)[O-])c1)N(C)C(=N)[C@@H](C)CC1CCCCN1. The highest BCUT2D eigenvalue weighted by atomic mass is 16.6. The van der Waals surface area contributed by atoms with E-state index in [0.717, 1.165) is 24.2 Å². The summed E-state index contributed by atoms with van der Waals surface area (Å²) in [6, 6.07) is 7.05. The Kier molecular flexibility index (Phi) is 6.70. The van der Waals surface area contributed by atoms with Gasteiger partial charge < -0.3 is 10.2 Å². The molecule has 0 aliphatic carbocycles. The molecule has 136 valence electrons. The lowest BCUT2D eigenvalue weighted by Gasteiger charge is -2.31. The van der Waals surface area contributed by atoms with Crippen LogP contribution in [0.25, 0.3) is 5.70 Å². The first-order valence-corrected chi connectivity index (χ1v) is 8.90. The van der Waals surface area contributed by atoms with Crippen LogP contribution in [0.5, 0.6) is 0 Å². The van der Waals surface area contributed by atoms with Crippen molar-refractivity contribution in [3.8, 4) is 0 Å². The van der Waals surface area contributed by atoms with Gasteiger partial charge in [0.25, 0.3) is 5.69 Å². The third-order valence-corrected chi connectivity index (χ3v) is 4.87. The van der Waals surface area contributed by atoms with Gasteiger partial charge in [0.1, 0.15) is 5.84 Å². The lowest BCUT2D eigenvalue weighted by Crippen LogP contribution is -2.38. The average Bonchev–Trinajstić information content (AvgIpc) is 2.62. The van der Waals surface area contributed by atoms with Gasteiger partial charge in [-0.15, -0.1) is 0 Å². The monoisotopic (exact) mass is 344 g/mol. The maximum Gasteiger partial charge on any atom is 0.270 e. The Labute approximate surface area is 149 Å². The quantitative estimate of drug-likeness (QED) is 0.353. The predicted octanol–water partition coefficient (Wildman–Crippen LogP) is 4.03. The highest BCUT2D eigenvalue weighted by Gasteiger charge is 2.22. The first-order valence-electron chi connectivity index (χ1n) is 8.90. The van der Waals surface area contributed by atoms with E-state index >= 15 is 0 Å². The molecule has 0 aromatic heterocycles. The largest absolute Gasteiger partial charge is 0.333 e. The van der Waals surface area contributed by atoms with Gasteiger partial charge in [0.2, 0.25) is 0 Å². The molecule has 1 aromatic carbocycles. The number of piperidine rings is 1. The van der Waals surface area contributed by atoms with E-state index in [1.807, 2.05) is 31.0 Å². The molecule has 1 saturated heterocycles. The van der Waals surface area contributed by atoms with Gasteiger partial charge >= 0.3 is 0 Å². The summed E-state index contributed by atoms with van der Waals surface area (Å²) in [7, 11) is 1.86. The van der Waals surface area contributed by atoms with E-state index in [1.165, 1.54) is 25.3 Å². The average molecular weight is 344 g/mol. The van der Waals surface area contributed by atoms with Gasteiger partial charge in [-0.3, -0.25) is 15.5 Å². The van der Waals surface area contributed by atoms with Gasteiger partial charge in [-0.2, -0.15) is 0 Å². The minimum Gasteiger partial charge on any atom is -0.333 e. The summed E-state index contributed by atoms with van der Waals surface area (Å²) in [6.07, 6.45) is 6.50. The molecule has 0 radical (unpaired) electrons. The summed E-state index contributed by atoms with van der Waals surface area (Å²) >= 11 is 0. The molecular formula is C19H28N4O2. The molecular weight excluding hydrogens is 316 g/mol. The molecule has 0 saturated carbocycles. The molecule has 2 rings (SSSR count). The van der Waals surface area contributed by atoms with Crippen LogP contribution in [-0.2, 0) is 0 Å². The Balaban J connectivity index is 2.10. The van der Waals surface area contributed by atoms with Crippen molar-refractivity contribution < 1.29 is 4.92 Å². The second-order valence-electron chi connectivity index (χ2n) is 6.71. The second-order valence-corrected chi connectivity index (χ2v) is 6.71. The highest BCUT2D eigenvalue weighted by molar-refractivity contribution is 5.90. The van der Waals surface area contributed by atoms with Crippen LogP contribution in [0.15, 0.2) is 30.3 Å². The summed E-state index contributed by atoms with van der Waals surface area (Å²) in [5.74, 6) is 0.654. The van der Waals surface area contributed by atoms with E-state index in [0.29, 0.717) is 11.9 Å². The molecule has 25 heavy (non-hydrogen) atoms. The topological polar surface area (TPSA) is 82.3 Å². The summed E-state index contributed by atoms with van der Waals surface area (Å²) in [6.45, 7) is 5.04. The summed E-state index contributed by atoms with van der Waals surface area (Å²) < 4.78 is 0. The minimum atomic E-state index is -0.389. The van der Waals surface area contributed by atoms with E-state index in [2.05, 4.69) is 12.2 Å². The zero-order valence-corrected chi connectivity index (χ0v) is 15.3. The number of rotatable bonds is 6. The fraction of sp³-hybridized carbons (Fsp3) is 0.526. The highest BCUT2D eigenvalue weighted by Crippen LogP contribution is 2.25. The maximum atomic E-state index is 11.0. The van der Waals surface area contributed by atoms with Crippen LogP contribution in [0, 0.1) is 21.4 Å². The predicted molar refractivity (Wildman–Crippen MR) is 102 cm³/mol. The molecule has 2 N–H and O–H groups in total. The van der Waals surface area contributed by atoms with Gasteiger partial charge in [0.15, 0.2) is 0 Å². The van der Waals surface area contributed by atoms with Crippen LogP contribution in [0.1, 0.15) is 45.1 Å². The van der Waals surface area contributed by atoms with Crippen molar-refractivity contribution in [2.75, 3.05) is 13.6 Å². The van der Waals surface area contributed by atoms with E-state index in [9.17, 15) is 10.1 Å². The minimum absolute atomic E-state index is 0.0660. The number of nitro benzene ring substituents is 1. The van der Waals surface area contributed by atoms with Crippen LogP contribution >= 0.6 is 0 Å². The lowest BCUT2D eigenvalue weighted by molar-refractivity contribution is -0.384. The van der Waals surface area contributed by atoms with E-state index in [4.69, 9.17) is 5.41 Å². The summed E-state index contributed by atoms with van der Waals surface area (Å²) in [5, 5.41) is 23.1. The van der Waals surface area contributed by atoms with Crippen LogP contribution < -0.4 is 5.32 Å². The molecule has 6 heteroatoms. The number of non-ortho nitro benzene ring substituents is 1. The number of nitrogens with zero attached hydrogens (tertiary/aromatic N) is 2. The molecule has 6 nitrogen and oxygen atoms in total. The third-order valence-electron chi connectivity index (χ3n) is 4.87. The van der Waals surface area contributed by atoms with Crippen molar-refractivity contribution in [2.45, 2.75) is 45.6 Å². The Bertz CT molecular complexity index is 651. The third kappa shape index (κ3) is 4.89. The second kappa shape index (κ2) is 8.76. The first-order chi connectivity index (χ1) is 11.9. The molecule has 2 atom stereocenters. The van der Waals surface area contributed by atoms with Gasteiger partial charge in [0.05, 0.1) is 4.92 Å². The molecule has 1 heterocycles. The standard InChI is InChI=1S/C19H28N4O2/c1-4-18(15-8-7-10-17(13-15)23(24)25)22(3)19(20)14(2)12-16-9-5-6-11-21-16/h4,7-8,10,13-14,16,20-21H,5-6,9,11-12H2,1-3H3/b18-4-,20-19?/t14-,16?/m0/s1. The zero-order chi connectivity index (χ0) is 18.4. The Hall–Kier alpha value is -2.21. The normalized spacial score (nSPS) is 19.3. The number of hydrogen-bond donors (Lipinski definition) is 2. The van der Waals surface area contributed by atoms with Gasteiger partial charge in [-0.1, -0.05) is 31.6 Å². The van der Waals surface area contributed by atoms with Crippen LogP contribution in [0.2, 0.25) is 0 Å². The number of allylic oxidation sites excluding steroid dienone is 1. The molecule has 0 amide bonds. The molecule has 1 aliphatic heterocycles. The molecule has 0 bridgehead atoms. The van der Waals surface area contributed by atoms with Crippen LogP contribution in [-0.4, -0.2) is 35.3 Å². The lowest BCUT2D eigenvalue weighted by atomic mass is 9.93. The number of nitro groups is 1. The molecule has 1 unspecified atom stereocenters. The number of hydrogen-bond acceptors (Lipinski definition) is 4. The Morgan fingerprint density at radius 1 is 1.52 bits per heavy atom. The van der Waals surface area contributed by atoms with E-state index in [-0.39, 0.29) is 16.5 Å². The van der Waals surface area contributed by atoms with Crippen molar-refractivity contribution >= 4 is 17.2 Å². The Morgan fingerprint density at radius 3 is 2.88 bits per heavy atom. The number of benzene rings is 1. The van der Waals surface area contributed by atoms with Crippen molar-refractivity contribution in [1.29, 1.82) is 5.41 Å². The number of nitrogens with one attached hydrogen (secondary N) is 2. The fourth-order valence-electron chi connectivity index (χ4n) is 3.46. The number of amidine groups is 1. The van der Waals surface area contributed by atoms with E-state index < -0.39 is 0 Å². The van der Waals surface area contributed by atoms with Crippen molar-refractivity contribution in [3.63, 3.8) is 0 Å². The molecule has 1 aromatic rings. The van der Waals surface area contributed by atoms with Crippen molar-refractivity contribution in [1.82, 2.24) is 10.2 Å². The first kappa shape index (κ1) is 19.1. The maximum absolute atomic E-state index is 11.0. The molecule has 1 aliphatic rings. The van der Waals surface area contributed by atoms with Gasteiger partial charge in [-0.05, 0) is 32.7 Å². The summed E-state index contributed by atoms with van der Waals surface area (Å²) in [5.41, 5.74) is 1.64. The molecule has 0 spiro atoms. The fourth-order valence-corrected chi connectivity index (χ4v) is 3.46. The van der Waals surface area contributed by atoms with Crippen LogP contribution in [0.3, 0.4) is 0 Å². The van der Waals surface area contributed by atoms with Crippen LogP contribution in [0.4, 0.5) is 5.69 Å². The van der Waals surface area contributed by atoms with Crippen molar-refractivity contribution in [3.05, 3.63) is 46.0 Å². The zero-order valence-electron chi connectivity index (χ0n) is 15.3. The van der Waals surface area contributed by atoms with Gasteiger partial charge in [0, 0.05) is 42.4 Å². The smallest absolute Gasteiger partial charge is 0.270 e. The molecule has 1 fully saturated rings. The summed E-state index contributed by atoms with van der Waals surface area (Å²) in [4.78, 5) is 12.5. The van der Waals surface area contributed by atoms with Gasteiger partial charge in [-0.25, -0.2) is 0 Å². The van der Waals surface area contributed by atoms with Crippen molar-refractivity contribution in [2.24, 2.45) is 5.92 Å². The van der Waals surface area contributed by atoms with E-state index in [1.54, 1.807) is 12.1 Å².